The molecule has 3 rings (SSSR count). The minimum Gasteiger partial charge on any atom is -0.460 e. The first-order chi connectivity index (χ1) is 8.79. The normalized spacial score (nSPS) is 23.9. The Hall–Kier alpha value is -1.28. The van der Waals surface area contributed by atoms with Crippen LogP contribution < -0.4 is 5.32 Å². The average Bonchev–Trinajstić information content (AvgIpc) is 2.95. The Kier molecular flexibility index (Phi) is 3.13. The molecular formula is C16H21NO. The zero-order valence-electron chi connectivity index (χ0n) is 11.2. The molecule has 2 unspecified atom stereocenters. The van der Waals surface area contributed by atoms with E-state index in [-0.39, 0.29) is 0 Å². The third kappa shape index (κ3) is 1.95. The Morgan fingerprint density at radius 3 is 3.00 bits per heavy atom. The van der Waals surface area contributed by atoms with Gasteiger partial charge in [-0.25, -0.2) is 0 Å². The number of rotatable bonds is 3. The van der Waals surface area contributed by atoms with E-state index in [1.165, 1.54) is 36.0 Å². The molecule has 1 heterocycles. The molecule has 2 heteroatoms. The molecule has 1 N–H and O–H groups in total. The molecule has 0 aliphatic heterocycles. The van der Waals surface area contributed by atoms with Gasteiger partial charge in [0.05, 0.1) is 0 Å². The van der Waals surface area contributed by atoms with E-state index in [9.17, 15) is 0 Å². The van der Waals surface area contributed by atoms with Gasteiger partial charge in [0, 0.05) is 17.3 Å². The second-order valence-electron chi connectivity index (χ2n) is 5.34. The Bertz CT molecular complexity index is 543. The van der Waals surface area contributed by atoms with E-state index >= 15 is 0 Å². The molecule has 0 amide bonds. The highest BCUT2D eigenvalue weighted by atomic mass is 16.3. The van der Waals surface area contributed by atoms with Crippen LogP contribution in [0, 0.1) is 6.92 Å². The number of fused-ring (bicyclic) bond motifs is 1. The van der Waals surface area contributed by atoms with E-state index < -0.39 is 0 Å². The van der Waals surface area contributed by atoms with Crippen molar-refractivity contribution >= 4 is 11.0 Å². The van der Waals surface area contributed by atoms with Crippen molar-refractivity contribution in [3.8, 4) is 0 Å². The smallest absolute Gasteiger partial charge is 0.137 e. The highest BCUT2D eigenvalue weighted by Gasteiger charge is 2.30. The fraction of sp³-hybridized carbons (Fsp3) is 0.500. The average molecular weight is 243 g/mol. The molecule has 96 valence electrons. The zero-order valence-corrected chi connectivity index (χ0v) is 11.2. The van der Waals surface area contributed by atoms with E-state index in [0.29, 0.717) is 12.0 Å². The summed E-state index contributed by atoms with van der Waals surface area (Å²) in [6.45, 7) is 5.34. The maximum absolute atomic E-state index is 6.12. The molecule has 18 heavy (non-hydrogen) atoms. The SMILES string of the molecule is CCNC1CCCC1c1cc2cccc(C)c2o1. The summed E-state index contributed by atoms with van der Waals surface area (Å²) in [4.78, 5) is 0. The summed E-state index contributed by atoms with van der Waals surface area (Å²) in [5.41, 5.74) is 2.30. The molecule has 1 aliphatic rings. The first-order valence-corrected chi connectivity index (χ1v) is 7.02. The van der Waals surface area contributed by atoms with Gasteiger partial charge < -0.3 is 9.73 Å². The lowest BCUT2D eigenvalue weighted by Crippen LogP contribution is -2.30. The van der Waals surface area contributed by atoms with Crippen LogP contribution >= 0.6 is 0 Å². The van der Waals surface area contributed by atoms with E-state index in [1.807, 2.05) is 0 Å². The Labute approximate surface area is 108 Å². The third-order valence-corrected chi connectivity index (χ3v) is 4.11. The lowest BCUT2D eigenvalue weighted by atomic mass is 10.00. The van der Waals surface area contributed by atoms with Gasteiger partial charge in [-0.1, -0.05) is 31.5 Å². The Balaban J connectivity index is 1.96. The highest BCUT2D eigenvalue weighted by molar-refractivity contribution is 5.81. The molecule has 1 aliphatic carbocycles. The van der Waals surface area contributed by atoms with Gasteiger partial charge in [-0.3, -0.25) is 0 Å². The predicted octanol–water partition coefficient (Wildman–Crippen LogP) is 3.99. The molecular weight excluding hydrogens is 222 g/mol. The van der Waals surface area contributed by atoms with E-state index in [4.69, 9.17) is 4.42 Å². The van der Waals surface area contributed by atoms with Crippen molar-refractivity contribution in [2.75, 3.05) is 6.54 Å². The second kappa shape index (κ2) is 4.77. The summed E-state index contributed by atoms with van der Waals surface area (Å²) < 4.78 is 6.12. The number of aryl methyl sites for hydroxylation is 1. The molecule has 1 aromatic heterocycles. The Morgan fingerprint density at radius 1 is 1.33 bits per heavy atom. The maximum atomic E-state index is 6.12. The fourth-order valence-electron chi connectivity index (χ4n) is 3.22. The summed E-state index contributed by atoms with van der Waals surface area (Å²) >= 11 is 0. The largest absolute Gasteiger partial charge is 0.460 e. The first kappa shape index (κ1) is 11.8. The van der Waals surface area contributed by atoms with Crippen LogP contribution in [0.2, 0.25) is 0 Å². The van der Waals surface area contributed by atoms with E-state index in [0.717, 1.165) is 12.1 Å². The van der Waals surface area contributed by atoms with Gasteiger partial charge in [-0.15, -0.1) is 0 Å². The monoisotopic (exact) mass is 243 g/mol. The van der Waals surface area contributed by atoms with Gasteiger partial charge >= 0.3 is 0 Å². The minimum absolute atomic E-state index is 0.553. The van der Waals surface area contributed by atoms with Crippen molar-refractivity contribution in [3.05, 3.63) is 35.6 Å². The van der Waals surface area contributed by atoms with Crippen molar-refractivity contribution in [3.63, 3.8) is 0 Å². The summed E-state index contributed by atoms with van der Waals surface area (Å²) in [5.74, 6) is 1.72. The minimum atomic E-state index is 0.553. The number of hydrogen-bond donors (Lipinski definition) is 1. The van der Waals surface area contributed by atoms with Crippen LogP contribution in [0.1, 0.15) is 43.4 Å². The molecule has 0 radical (unpaired) electrons. The molecule has 1 fully saturated rings. The molecule has 0 saturated heterocycles. The number of nitrogens with one attached hydrogen (secondary N) is 1. The second-order valence-corrected chi connectivity index (χ2v) is 5.34. The van der Waals surface area contributed by atoms with Gasteiger partial charge in [-0.2, -0.15) is 0 Å². The quantitative estimate of drug-likeness (QED) is 0.882. The summed E-state index contributed by atoms with van der Waals surface area (Å²) in [6.07, 6.45) is 3.82. The lowest BCUT2D eigenvalue weighted by Gasteiger charge is -2.18. The first-order valence-electron chi connectivity index (χ1n) is 7.02. The molecule has 2 nitrogen and oxygen atoms in total. The number of benzene rings is 1. The molecule has 1 aromatic carbocycles. The fourth-order valence-corrected chi connectivity index (χ4v) is 3.22. The molecule has 1 saturated carbocycles. The van der Waals surface area contributed by atoms with Gasteiger partial charge in [0.2, 0.25) is 0 Å². The number of likely N-dealkylation sites (N-methyl/N-ethyl adjacent to an activating group) is 1. The van der Waals surface area contributed by atoms with Crippen LogP contribution in [-0.4, -0.2) is 12.6 Å². The topological polar surface area (TPSA) is 25.2 Å². The predicted molar refractivity (Wildman–Crippen MR) is 75.0 cm³/mol. The van der Waals surface area contributed by atoms with Gasteiger partial charge in [-0.05, 0) is 37.9 Å². The summed E-state index contributed by atoms with van der Waals surface area (Å²) in [7, 11) is 0. The molecule has 2 atom stereocenters. The van der Waals surface area contributed by atoms with Crippen LogP contribution in [0.5, 0.6) is 0 Å². The molecule has 0 bridgehead atoms. The Morgan fingerprint density at radius 2 is 2.22 bits per heavy atom. The van der Waals surface area contributed by atoms with Crippen molar-refractivity contribution < 1.29 is 4.42 Å². The van der Waals surface area contributed by atoms with Crippen molar-refractivity contribution in [1.82, 2.24) is 5.32 Å². The van der Waals surface area contributed by atoms with Crippen molar-refractivity contribution in [2.45, 2.75) is 45.1 Å². The summed E-state index contributed by atoms with van der Waals surface area (Å²) in [6, 6.07) is 9.20. The van der Waals surface area contributed by atoms with E-state index in [1.54, 1.807) is 0 Å². The number of furan rings is 1. The summed E-state index contributed by atoms with van der Waals surface area (Å²) in [5, 5.41) is 4.83. The highest BCUT2D eigenvalue weighted by Crippen LogP contribution is 2.37. The maximum Gasteiger partial charge on any atom is 0.137 e. The van der Waals surface area contributed by atoms with Crippen LogP contribution in [0.3, 0.4) is 0 Å². The lowest BCUT2D eigenvalue weighted by molar-refractivity contribution is 0.422. The zero-order chi connectivity index (χ0) is 12.5. The number of para-hydroxylation sites is 1. The molecule has 0 spiro atoms. The van der Waals surface area contributed by atoms with Crippen LogP contribution in [0.15, 0.2) is 28.7 Å². The third-order valence-electron chi connectivity index (χ3n) is 4.11. The van der Waals surface area contributed by atoms with Crippen LogP contribution in [-0.2, 0) is 0 Å². The van der Waals surface area contributed by atoms with Gasteiger partial charge in [0.25, 0.3) is 0 Å². The van der Waals surface area contributed by atoms with Crippen molar-refractivity contribution in [2.24, 2.45) is 0 Å². The van der Waals surface area contributed by atoms with E-state index in [2.05, 4.69) is 43.4 Å². The number of hydrogen-bond acceptors (Lipinski definition) is 2. The standard InChI is InChI=1S/C16H21NO/c1-3-17-14-9-5-8-13(14)15-10-12-7-4-6-11(2)16(12)18-15/h4,6-7,10,13-14,17H,3,5,8-9H2,1-2H3. The van der Waals surface area contributed by atoms with Crippen LogP contribution in [0.4, 0.5) is 0 Å². The van der Waals surface area contributed by atoms with Gasteiger partial charge in [0.15, 0.2) is 0 Å². The van der Waals surface area contributed by atoms with Gasteiger partial charge in [0.1, 0.15) is 11.3 Å². The molecule has 2 aromatic rings. The van der Waals surface area contributed by atoms with Crippen LogP contribution in [0.25, 0.3) is 11.0 Å². The van der Waals surface area contributed by atoms with Crippen molar-refractivity contribution in [1.29, 1.82) is 0 Å².